The maximum atomic E-state index is 13.2. The molecule has 110 valence electrons. The molecule has 2 rings (SSSR count). The number of aromatic hydroxyl groups is 1. The summed E-state index contributed by atoms with van der Waals surface area (Å²) in [6.07, 6.45) is 2.20. The molecule has 0 aliphatic carbocycles. The summed E-state index contributed by atoms with van der Waals surface area (Å²) in [5.74, 6) is -0.573. The van der Waals surface area contributed by atoms with Gasteiger partial charge in [0.05, 0.1) is 5.56 Å². The highest BCUT2D eigenvalue weighted by Gasteiger charge is 2.22. The highest BCUT2D eigenvalue weighted by molar-refractivity contribution is 5.96. The molecule has 2 N–H and O–H groups in total. The highest BCUT2D eigenvalue weighted by Crippen LogP contribution is 2.21. The van der Waals surface area contributed by atoms with E-state index in [1.165, 1.54) is 6.07 Å². The number of halogens is 1. The van der Waals surface area contributed by atoms with Gasteiger partial charge in [0.1, 0.15) is 11.6 Å². The molecule has 0 aromatic heterocycles. The second-order valence-corrected chi connectivity index (χ2v) is 5.22. The number of nitrogens with zero attached hydrogens (tertiary/aromatic N) is 1. The van der Waals surface area contributed by atoms with Gasteiger partial charge in [-0.2, -0.15) is 0 Å². The summed E-state index contributed by atoms with van der Waals surface area (Å²) in [5, 5.41) is 13.0. The van der Waals surface area contributed by atoms with E-state index in [0.717, 1.165) is 38.1 Å². The minimum Gasteiger partial charge on any atom is -0.507 e. The molecule has 0 saturated carbocycles. The summed E-state index contributed by atoms with van der Waals surface area (Å²) >= 11 is 0. The third-order valence-corrected chi connectivity index (χ3v) is 3.74. The van der Waals surface area contributed by atoms with E-state index in [1.54, 1.807) is 4.90 Å². The van der Waals surface area contributed by atoms with Crippen LogP contribution < -0.4 is 5.32 Å². The molecule has 1 aromatic rings. The minimum absolute atomic E-state index is 0.0376. The summed E-state index contributed by atoms with van der Waals surface area (Å²) in [5.41, 5.74) is 0.0376. The van der Waals surface area contributed by atoms with Crippen molar-refractivity contribution in [3.8, 4) is 5.75 Å². The number of amides is 1. The first-order chi connectivity index (χ1) is 9.61. The SMILES string of the molecule is CCN(CC1CCCNC1)C(=O)c1cc(F)ccc1O. The second-order valence-electron chi connectivity index (χ2n) is 5.22. The van der Waals surface area contributed by atoms with Gasteiger partial charge in [0.15, 0.2) is 0 Å². The fourth-order valence-corrected chi connectivity index (χ4v) is 2.60. The number of rotatable bonds is 4. The van der Waals surface area contributed by atoms with E-state index in [4.69, 9.17) is 0 Å². The van der Waals surface area contributed by atoms with E-state index in [9.17, 15) is 14.3 Å². The Morgan fingerprint density at radius 1 is 1.55 bits per heavy atom. The molecule has 1 aliphatic heterocycles. The van der Waals surface area contributed by atoms with Crippen LogP contribution in [0, 0.1) is 11.7 Å². The number of hydrogen-bond donors (Lipinski definition) is 2. The van der Waals surface area contributed by atoms with Crippen molar-refractivity contribution >= 4 is 5.91 Å². The average molecular weight is 280 g/mol. The lowest BCUT2D eigenvalue weighted by atomic mass is 9.98. The topological polar surface area (TPSA) is 52.6 Å². The van der Waals surface area contributed by atoms with E-state index in [1.807, 2.05) is 6.92 Å². The number of nitrogens with one attached hydrogen (secondary N) is 1. The Bertz CT molecular complexity index is 473. The normalized spacial score (nSPS) is 18.8. The third-order valence-electron chi connectivity index (χ3n) is 3.74. The lowest BCUT2D eigenvalue weighted by Crippen LogP contribution is -2.41. The van der Waals surface area contributed by atoms with E-state index >= 15 is 0 Å². The Balaban J connectivity index is 2.09. The maximum absolute atomic E-state index is 13.2. The first kappa shape index (κ1) is 14.8. The van der Waals surface area contributed by atoms with Crippen molar-refractivity contribution in [3.05, 3.63) is 29.6 Å². The molecule has 1 atom stereocenters. The fourth-order valence-electron chi connectivity index (χ4n) is 2.60. The van der Waals surface area contributed by atoms with Gasteiger partial charge in [-0.05, 0) is 57.0 Å². The number of benzene rings is 1. The molecular formula is C15H21FN2O2. The second kappa shape index (κ2) is 6.70. The van der Waals surface area contributed by atoms with E-state index < -0.39 is 5.82 Å². The molecule has 1 aliphatic rings. The number of carbonyl (C=O) groups excluding carboxylic acids is 1. The Morgan fingerprint density at radius 2 is 2.35 bits per heavy atom. The molecule has 0 bridgehead atoms. The molecule has 1 fully saturated rings. The van der Waals surface area contributed by atoms with E-state index in [2.05, 4.69) is 5.32 Å². The Hall–Kier alpha value is -1.62. The lowest BCUT2D eigenvalue weighted by Gasteiger charge is -2.29. The van der Waals surface area contributed by atoms with Gasteiger partial charge < -0.3 is 15.3 Å². The Morgan fingerprint density at radius 3 is 3.00 bits per heavy atom. The Labute approximate surface area is 118 Å². The first-order valence-electron chi connectivity index (χ1n) is 7.10. The molecule has 1 unspecified atom stereocenters. The molecule has 0 radical (unpaired) electrons. The molecule has 1 amide bonds. The maximum Gasteiger partial charge on any atom is 0.257 e. The van der Waals surface area contributed by atoms with Crippen LogP contribution in [0.25, 0.3) is 0 Å². The number of phenols is 1. The molecule has 1 heterocycles. The summed E-state index contributed by atoms with van der Waals surface area (Å²) in [6.45, 7) is 5.01. The zero-order valence-electron chi connectivity index (χ0n) is 11.7. The quantitative estimate of drug-likeness (QED) is 0.887. The molecule has 4 nitrogen and oxygen atoms in total. The lowest BCUT2D eigenvalue weighted by molar-refractivity contribution is 0.0725. The largest absolute Gasteiger partial charge is 0.507 e. The van der Waals surface area contributed by atoms with Crippen LogP contribution in [0.4, 0.5) is 4.39 Å². The number of piperidine rings is 1. The van der Waals surface area contributed by atoms with Crippen LogP contribution in [-0.2, 0) is 0 Å². The van der Waals surface area contributed by atoms with Crippen LogP contribution in [0.1, 0.15) is 30.1 Å². The standard InChI is InChI=1S/C15H21FN2O2/c1-2-18(10-11-4-3-7-17-9-11)15(20)13-8-12(16)5-6-14(13)19/h5-6,8,11,17,19H,2-4,7,9-10H2,1H3. The van der Waals surface area contributed by atoms with Gasteiger partial charge in [-0.25, -0.2) is 4.39 Å². The van der Waals surface area contributed by atoms with Crippen molar-refractivity contribution in [1.82, 2.24) is 10.2 Å². The van der Waals surface area contributed by atoms with Crippen molar-refractivity contribution in [2.24, 2.45) is 5.92 Å². The predicted octanol–water partition coefficient (Wildman–Crippen LogP) is 1.99. The minimum atomic E-state index is -0.512. The smallest absolute Gasteiger partial charge is 0.257 e. The van der Waals surface area contributed by atoms with E-state index in [-0.39, 0.29) is 17.2 Å². The Kier molecular flexibility index (Phi) is 4.95. The van der Waals surface area contributed by atoms with Crippen molar-refractivity contribution in [1.29, 1.82) is 0 Å². The molecule has 5 heteroatoms. The van der Waals surface area contributed by atoms with Gasteiger partial charge in [-0.15, -0.1) is 0 Å². The van der Waals surface area contributed by atoms with Crippen LogP contribution in [0.15, 0.2) is 18.2 Å². The van der Waals surface area contributed by atoms with Crippen LogP contribution in [0.2, 0.25) is 0 Å². The molecular weight excluding hydrogens is 259 g/mol. The molecule has 1 saturated heterocycles. The number of phenolic OH excluding ortho intramolecular Hbond substituents is 1. The van der Waals surface area contributed by atoms with Gasteiger partial charge in [0.25, 0.3) is 5.91 Å². The first-order valence-corrected chi connectivity index (χ1v) is 7.10. The van der Waals surface area contributed by atoms with Crippen molar-refractivity contribution in [3.63, 3.8) is 0 Å². The summed E-state index contributed by atoms with van der Waals surface area (Å²) in [7, 11) is 0. The predicted molar refractivity (Wildman–Crippen MR) is 75.2 cm³/mol. The van der Waals surface area contributed by atoms with Crippen molar-refractivity contribution in [2.75, 3.05) is 26.2 Å². The fraction of sp³-hybridized carbons (Fsp3) is 0.533. The monoisotopic (exact) mass is 280 g/mol. The number of carbonyl (C=O) groups is 1. The van der Waals surface area contributed by atoms with Crippen LogP contribution in [-0.4, -0.2) is 42.1 Å². The summed E-state index contributed by atoms with van der Waals surface area (Å²) < 4.78 is 13.2. The molecule has 0 spiro atoms. The summed E-state index contributed by atoms with van der Waals surface area (Å²) in [6, 6.07) is 3.46. The van der Waals surface area contributed by atoms with Gasteiger partial charge in [-0.1, -0.05) is 0 Å². The third kappa shape index (κ3) is 3.48. The zero-order valence-corrected chi connectivity index (χ0v) is 11.7. The van der Waals surface area contributed by atoms with E-state index in [0.29, 0.717) is 19.0 Å². The van der Waals surface area contributed by atoms with Gasteiger partial charge in [0, 0.05) is 13.1 Å². The number of hydrogen-bond acceptors (Lipinski definition) is 3. The highest BCUT2D eigenvalue weighted by atomic mass is 19.1. The van der Waals surface area contributed by atoms with Gasteiger partial charge in [-0.3, -0.25) is 4.79 Å². The molecule has 1 aromatic carbocycles. The van der Waals surface area contributed by atoms with Crippen molar-refractivity contribution in [2.45, 2.75) is 19.8 Å². The zero-order chi connectivity index (χ0) is 14.5. The van der Waals surface area contributed by atoms with Crippen LogP contribution in [0.5, 0.6) is 5.75 Å². The van der Waals surface area contributed by atoms with Crippen molar-refractivity contribution < 1.29 is 14.3 Å². The van der Waals surface area contributed by atoms with Gasteiger partial charge >= 0.3 is 0 Å². The summed E-state index contributed by atoms with van der Waals surface area (Å²) in [4.78, 5) is 14.1. The average Bonchev–Trinajstić information content (AvgIpc) is 2.47. The van der Waals surface area contributed by atoms with Crippen LogP contribution in [0.3, 0.4) is 0 Å². The van der Waals surface area contributed by atoms with Crippen LogP contribution >= 0.6 is 0 Å². The van der Waals surface area contributed by atoms with Gasteiger partial charge in [0.2, 0.25) is 0 Å². The molecule has 20 heavy (non-hydrogen) atoms.